The summed E-state index contributed by atoms with van der Waals surface area (Å²) >= 11 is 5.92. The SMILES string of the molecule is CCCCn1nc(C)cc1NC(=O)c1ccc(Cl)cc1OC. The Morgan fingerprint density at radius 3 is 2.86 bits per heavy atom. The second-order valence-corrected chi connectivity index (χ2v) is 5.48. The van der Waals surface area contributed by atoms with Crippen molar-refractivity contribution >= 4 is 23.3 Å². The number of nitrogens with one attached hydrogen (secondary N) is 1. The summed E-state index contributed by atoms with van der Waals surface area (Å²) in [5.41, 5.74) is 1.31. The van der Waals surface area contributed by atoms with E-state index >= 15 is 0 Å². The molecule has 0 aliphatic carbocycles. The normalized spacial score (nSPS) is 10.5. The highest BCUT2D eigenvalue weighted by atomic mass is 35.5. The number of carbonyl (C=O) groups is 1. The van der Waals surface area contributed by atoms with Crippen molar-refractivity contribution in [2.24, 2.45) is 0 Å². The fourth-order valence-electron chi connectivity index (χ4n) is 2.16. The summed E-state index contributed by atoms with van der Waals surface area (Å²) in [6.45, 7) is 4.80. The quantitative estimate of drug-likeness (QED) is 0.877. The monoisotopic (exact) mass is 321 g/mol. The Bertz CT molecular complexity index is 667. The summed E-state index contributed by atoms with van der Waals surface area (Å²) in [5.74, 6) is 0.889. The molecular weight excluding hydrogens is 302 g/mol. The van der Waals surface area contributed by atoms with E-state index in [1.54, 1.807) is 18.2 Å². The number of anilines is 1. The van der Waals surface area contributed by atoms with Crippen molar-refractivity contribution < 1.29 is 9.53 Å². The van der Waals surface area contributed by atoms with Crippen LogP contribution in [0.25, 0.3) is 0 Å². The van der Waals surface area contributed by atoms with Gasteiger partial charge in [-0.2, -0.15) is 5.10 Å². The molecule has 2 aromatic rings. The molecule has 0 bridgehead atoms. The summed E-state index contributed by atoms with van der Waals surface area (Å²) in [6.07, 6.45) is 2.07. The zero-order valence-electron chi connectivity index (χ0n) is 13.0. The third-order valence-corrected chi connectivity index (χ3v) is 3.51. The van der Waals surface area contributed by atoms with Gasteiger partial charge in [0.25, 0.3) is 5.91 Å². The Labute approximate surface area is 135 Å². The van der Waals surface area contributed by atoms with Gasteiger partial charge in [-0.05, 0) is 31.5 Å². The van der Waals surface area contributed by atoms with Gasteiger partial charge in [0.05, 0.1) is 18.4 Å². The lowest BCUT2D eigenvalue weighted by atomic mass is 10.2. The lowest BCUT2D eigenvalue weighted by Gasteiger charge is -2.11. The minimum Gasteiger partial charge on any atom is -0.496 e. The Balaban J connectivity index is 2.22. The number of amides is 1. The average Bonchev–Trinajstić information content (AvgIpc) is 2.84. The number of aryl methyl sites for hydroxylation is 2. The molecule has 1 N–H and O–H groups in total. The predicted octanol–water partition coefficient (Wildman–Crippen LogP) is 3.91. The highest BCUT2D eigenvalue weighted by Gasteiger charge is 2.15. The number of hydrogen-bond acceptors (Lipinski definition) is 3. The van der Waals surface area contributed by atoms with Crippen molar-refractivity contribution in [1.29, 1.82) is 0 Å². The molecule has 5 nitrogen and oxygen atoms in total. The highest BCUT2D eigenvalue weighted by Crippen LogP contribution is 2.24. The van der Waals surface area contributed by atoms with Crippen LogP contribution in [0.2, 0.25) is 5.02 Å². The smallest absolute Gasteiger partial charge is 0.260 e. The first-order valence-corrected chi connectivity index (χ1v) is 7.62. The third kappa shape index (κ3) is 3.80. The fraction of sp³-hybridized carbons (Fsp3) is 0.375. The molecule has 118 valence electrons. The van der Waals surface area contributed by atoms with E-state index in [2.05, 4.69) is 17.3 Å². The Morgan fingerprint density at radius 2 is 2.18 bits per heavy atom. The Morgan fingerprint density at radius 1 is 1.41 bits per heavy atom. The van der Waals surface area contributed by atoms with E-state index in [-0.39, 0.29) is 5.91 Å². The molecule has 0 aliphatic heterocycles. The molecule has 0 unspecified atom stereocenters. The number of carbonyl (C=O) groups excluding carboxylic acids is 1. The summed E-state index contributed by atoms with van der Waals surface area (Å²) in [6, 6.07) is 6.79. The number of ether oxygens (including phenoxy) is 1. The van der Waals surface area contributed by atoms with E-state index in [1.165, 1.54) is 7.11 Å². The lowest BCUT2D eigenvalue weighted by molar-refractivity contribution is 0.102. The second kappa shape index (κ2) is 7.31. The van der Waals surface area contributed by atoms with Gasteiger partial charge < -0.3 is 10.1 Å². The number of unbranched alkanes of at least 4 members (excludes halogenated alkanes) is 1. The van der Waals surface area contributed by atoms with Crippen LogP contribution >= 0.6 is 11.6 Å². The molecule has 22 heavy (non-hydrogen) atoms. The maximum Gasteiger partial charge on any atom is 0.260 e. The molecule has 0 radical (unpaired) electrons. The number of halogens is 1. The van der Waals surface area contributed by atoms with Gasteiger partial charge in [-0.3, -0.25) is 4.79 Å². The molecule has 1 aromatic heterocycles. The number of benzene rings is 1. The average molecular weight is 322 g/mol. The van der Waals surface area contributed by atoms with Gasteiger partial charge in [-0.25, -0.2) is 4.68 Å². The Kier molecular flexibility index (Phi) is 5.44. The van der Waals surface area contributed by atoms with Crippen LogP contribution in [0.15, 0.2) is 24.3 Å². The molecule has 1 heterocycles. The van der Waals surface area contributed by atoms with Crippen LogP contribution in [0.1, 0.15) is 35.8 Å². The molecule has 2 rings (SSSR count). The lowest BCUT2D eigenvalue weighted by Crippen LogP contribution is -2.16. The minimum atomic E-state index is -0.244. The van der Waals surface area contributed by atoms with Crippen molar-refractivity contribution in [1.82, 2.24) is 9.78 Å². The number of methoxy groups -OCH3 is 1. The van der Waals surface area contributed by atoms with Crippen LogP contribution in [0.4, 0.5) is 5.82 Å². The van der Waals surface area contributed by atoms with E-state index in [9.17, 15) is 4.79 Å². The number of rotatable bonds is 6. The summed E-state index contributed by atoms with van der Waals surface area (Å²) in [5, 5.41) is 7.82. The van der Waals surface area contributed by atoms with Crippen molar-refractivity contribution in [2.75, 3.05) is 12.4 Å². The van der Waals surface area contributed by atoms with Gasteiger partial charge in [0.15, 0.2) is 0 Å². The molecule has 1 aromatic carbocycles. The van der Waals surface area contributed by atoms with Gasteiger partial charge in [0.2, 0.25) is 0 Å². The van der Waals surface area contributed by atoms with Gasteiger partial charge in [0, 0.05) is 17.6 Å². The van der Waals surface area contributed by atoms with Crippen LogP contribution in [-0.2, 0) is 6.54 Å². The van der Waals surface area contributed by atoms with E-state index in [1.807, 2.05) is 17.7 Å². The first kappa shape index (κ1) is 16.4. The minimum absolute atomic E-state index is 0.244. The summed E-state index contributed by atoms with van der Waals surface area (Å²) in [7, 11) is 1.51. The molecule has 0 saturated heterocycles. The van der Waals surface area contributed by atoms with Crippen molar-refractivity contribution in [3.63, 3.8) is 0 Å². The fourth-order valence-corrected chi connectivity index (χ4v) is 2.32. The van der Waals surface area contributed by atoms with Crippen molar-refractivity contribution in [2.45, 2.75) is 33.2 Å². The highest BCUT2D eigenvalue weighted by molar-refractivity contribution is 6.31. The number of nitrogens with zero attached hydrogens (tertiary/aromatic N) is 2. The van der Waals surface area contributed by atoms with Crippen LogP contribution in [0.3, 0.4) is 0 Å². The number of aromatic nitrogens is 2. The van der Waals surface area contributed by atoms with Gasteiger partial charge in [-0.15, -0.1) is 0 Å². The predicted molar refractivity (Wildman–Crippen MR) is 87.8 cm³/mol. The first-order chi connectivity index (χ1) is 10.5. The van der Waals surface area contributed by atoms with Crippen molar-refractivity contribution in [3.8, 4) is 5.75 Å². The van der Waals surface area contributed by atoms with E-state index in [0.29, 0.717) is 22.2 Å². The Hall–Kier alpha value is -2.01. The maximum absolute atomic E-state index is 12.5. The molecule has 0 spiro atoms. The topological polar surface area (TPSA) is 56.2 Å². The number of hydrogen-bond donors (Lipinski definition) is 1. The summed E-state index contributed by atoms with van der Waals surface area (Å²) < 4.78 is 7.04. The van der Waals surface area contributed by atoms with Crippen molar-refractivity contribution in [3.05, 3.63) is 40.5 Å². The molecule has 0 saturated carbocycles. The van der Waals surface area contributed by atoms with Crippen LogP contribution in [-0.4, -0.2) is 22.8 Å². The first-order valence-electron chi connectivity index (χ1n) is 7.24. The summed E-state index contributed by atoms with van der Waals surface area (Å²) in [4.78, 5) is 12.5. The molecule has 1 amide bonds. The van der Waals surface area contributed by atoms with Crippen LogP contribution in [0, 0.1) is 6.92 Å². The van der Waals surface area contributed by atoms with E-state index in [4.69, 9.17) is 16.3 Å². The molecule has 0 atom stereocenters. The standard InChI is InChI=1S/C16H20ClN3O2/c1-4-5-8-20-15(9-11(2)19-20)18-16(21)13-7-6-12(17)10-14(13)22-3/h6-7,9-10H,4-5,8H2,1-3H3,(H,18,21). The zero-order chi connectivity index (χ0) is 16.1. The van der Waals surface area contributed by atoms with Gasteiger partial charge in [0.1, 0.15) is 11.6 Å². The molecular formula is C16H20ClN3O2. The van der Waals surface area contributed by atoms with Crippen LogP contribution < -0.4 is 10.1 Å². The molecule has 0 aliphatic rings. The maximum atomic E-state index is 12.5. The zero-order valence-corrected chi connectivity index (χ0v) is 13.8. The van der Waals surface area contributed by atoms with Gasteiger partial charge in [-0.1, -0.05) is 24.9 Å². The van der Waals surface area contributed by atoms with E-state index in [0.717, 1.165) is 25.1 Å². The third-order valence-electron chi connectivity index (χ3n) is 3.28. The molecule has 6 heteroatoms. The second-order valence-electron chi connectivity index (χ2n) is 5.05. The van der Waals surface area contributed by atoms with Gasteiger partial charge >= 0.3 is 0 Å². The van der Waals surface area contributed by atoms with E-state index < -0.39 is 0 Å². The van der Waals surface area contributed by atoms with Crippen LogP contribution in [0.5, 0.6) is 5.75 Å². The molecule has 0 fully saturated rings. The largest absolute Gasteiger partial charge is 0.496 e.